The van der Waals surface area contributed by atoms with E-state index in [2.05, 4.69) is 15.0 Å². The molecule has 1 atom stereocenters. The molecule has 2 N–H and O–H groups in total. The molecule has 1 fully saturated rings. The Morgan fingerprint density at radius 1 is 1.24 bits per heavy atom. The minimum Gasteiger partial charge on any atom is -0.406 e. The Balaban J connectivity index is 1.85. The summed E-state index contributed by atoms with van der Waals surface area (Å²) in [4.78, 5) is 16.5. The molecule has 1 aliphatic rings. The largest absolute Gasteiger partial charge is 0.573 e. The summed E-state index contributed by atoms with van der Waals surface area (Å²) in [6.07, 6.45) is -4.74. The van der Waals surface area contributed by atoms with Crippen LogP contribution in [0.15, 0.2) is 24.3 Å². The van der Waals surface area contributed by atoms with Gasteiger partial charge in [-0.15, -0.1) is 13.2 Å². The molecule has 6 nitrogen and oxygen atoms in total. The SMILES string of the molecule is CC(C(=O)Nc1ccc(OC(F)(F)F)cc1)N1CCN(CCO)CC1. The topological polar surface area (TPSA) is 65.0 Å². The molecule has 0 aliphatic carbocycles. The summed E-state index contributed by atoms with van der Waals surface area (Å²) in [6, 6.07) is 4.68. The third-order valence-corrected chi connectivity index (χ3v) is 4.11. The van der Waals surface area contributed by atoms with Crippen molar-refractivity contribution in [3.8, 4) is 5.75 Å². The van der Waals surface area contributed by atoms with Gasteiger partial charge in [0.05, 0.1) is 12.6 Å². The van der Waals surface area contributed by atoms with Crippen LogP contribution in [0.4, 0.5) is 18.9 Å². The second-order valence-corrected chi connectivity index (χ2v) is 5.84. The van der Waals surface area contributed by atoms with Gasteiger partial charge < -0.3 is 15.2 Å². The lowest BCUT2D eigenvalue weighted by atomic mass is 10.2. The highest BCUT2D eigenvalue weighted by Gasteiger charge is 2.31. The van der Waals surface area contributed by atoms with Crippen molar-refractivity contribution in [3.63, 3.8) is 0 Å². The summed E-state index contributed by atoms with van der Waals surface area (Å²) in [5.41, 5.74) is 0.408. The zero-order valence-corrected chi connectivity index (χ0v) is 13.9. The molecule has 1 heterocycles. The van der Waals surface area contributed by atoms with E-state index in [1.165, 1.54) is 12.1 Å². The van der Waals surface area contributed by atoms with Crippen LogP contribution < -0.4 is 10.1 Å². The van der Waals surface area contributed by atoms with Gasteiger partial charge in [-0.3, -0.25) is 14.6 Å². The van der Waals surface area contributed by atoms with Gasteiger partial charge in [0, 0.05) is 38.4 Å². The van der Waals surface area contributed by atoms with Crippen molar-refractivity contribution < 1.29 is 27.8 Å². The van der Waals surface area contributed by atoms with E-state index in [-0.39, 0.29) is 24.3 Å². The van der Waals surface area contributed by atoms with Gasteiger partial charge in [0.2, 0.25) is 5.91 Å². The molecule has 140 valence electrons. The maximum Gasteiger partial charge on any atom is 0.573 e. The number of ether oxygens (including phenoxy) is 1. The van der Waals surface area contributed by atoms with Crippen LogP contribution in [0.5, 0.6) is 5.75 Å². The Kier molecular flexibility index (Phi) is 6.63. The number of nitrogens with one attached hydrogen (secondary N) is 1. The van der Waals surface area contributed by atoms with Gasteiger partial charge in [-0.25, -0.2) is 0 Å². The number of carbonyl (C=O) groups is 1. The minimum atomic E-state index is -4.74. The predicted octanol–water partition coefficient (Wildman–Crippen LogP) is 1.52. The monoisotopic (exact) mass is 361 g/mol. The average Bonchev–Trinajstić information content (AvgIpc) is 2.55. The van der Waals surface area contributed by atoms with Crippen molar-refractivity contribution in [1.82, 2.24) is 9.80 Å². The fourth-order valence-electron chi connectivity index (χ4n) is 2.67. The minimum absolute atomic E-state index is 0.115. The van der Waals surface area contributed by atoms with Gasteiger partial charge in [-0.05, 0) is 31.2 Å². The third-order valence-electron chi connectivity index (χ3n) is 4.11. The van der Waals surface area contributed by atoms with Crippen molar-refractivity contribution in [2.24, 2.45) is 0 Å². The van der Waals surface area contributed by atoms with Crippen molar-refractivity contribution in [3.05, 3.63) is 24.3 Å². The zero-order valence-electron chi connectivity index (χ0n) is 13.9. The predicted molar refractivity (Wildman–Crippen MR) is 86.3 cm³/mol. The van der Waals surface area contributed by atoms with E-state index < -0.39 is 6.36 Å². The lowest BCUT2D eigenvalue weighted by molar-refractivity contribution is -0.274. The molecule has 1 amide bonds. The highest BCUT2D eigenvalue weighted by molar-refractivity contribution is 5.94. The number of hydrogen-bond donors (Lipinski definition) is 2. The third kappa shape index (κ3) is 6.18. The normalized spacial score (nSPS) is 18.0. The fraction of sp³-hybridized carbons (Fsp3) is 0.562. The number of benzene rings is 1. The van der Waals surface area contributed by atoms with Crippen LogP contribution in [0.25, 0.3) is 0 Å². The first-order chi connectivity index (χ1) is 11.8. The summed E-state index contributed by atoms with van der Waals surface area (Å²) in [6.45, 7) is 5.52. The van der Waals surface area contributed by atoms with E-state index in [9.17, 15) is 18.0 Å². The first kappa shape index (κ1) is 19.5. The lowest BCUT2D eigenvalue weighted by Gasteiger charge is -2.37. The number of anilines is 1. The molecule has 2 rings (SSSR count). The number of hydrogen-bond acceptors (Lipinski definition) is 5. The number of amides is 1. The molecule has 1 saturated heterocycles. The number of carbonyl (C=O) groups excluding carboxylic acids is 1. The van der Waals surface area contributed by atoms with E-state index in [4.69, 9.17) is 5.11 Å². The average molecular weight is 361 g/mol. The first-order valence-electron chi connectivity index (χ1n) is 8.02. The van der Waals surface area contributed by atoms with Crippen LogP contribution in [-0.2, 0) is 4.79 Å². The van der Waals surface area contributed by atoms with Crippen LogP contribution in [0.1, 0.15) is 6.92 Å². The summed E-state index contributed by atoms with van der Waals surface area (Å²) >= 11 is 0. The molecule has 0 aromatic heterocycles. The number of alkyl halides is 3. The molecule has 9 heteroatoms. The Hall–Kier alpha value is -1.84. The van der Waals surface area contributed by atoms with Crippen LogP contribution in [0.3, 0.4) is 0 Å². The lowest BCUT2D eigenvalue weighted by Crippen LogP contribution is -2.53. The standard InChI is InChI=1S/C16H22F3N3O3/c1-12(22-8-6-21(7-9-22)10-11-23)15(24)20-13-2-4-14(5-3-13)25-16(17,18)19/h2-5,12,23H,6-11H2,1H3,(H,20,24). The summed E-state index contributed by atoms with van der Waals surface area (Å²) in [5.74, 6) is -0.557. The van der Waals surface area contributed by atoms with Gasteiger partial charge in [0.1, 0.15) is 5.75 Å². The molecular weight excluding hydrogens is 339 g/mol. The molecule has 0 bridgehead atoms. The number of β-amino-alcohol motifs (C(OH)–C–C–N with tert-alkyl or cyclic N) is 1. The number of halogens is 3. The molecule has 0 saturated carbocycles. The first-order valence-corrected chi connectivity index (χ1v) is 8.02. The molecule has 0 radical (unpaired) electrons. The maximum atomic E-state index is 12.3. The Labute approximate surface area is 144 Å². The van der Waals surface area contributed by atoms with Crippen LogP contribution >= 0.6 is 0 Å². The van der Waals surface area contributed by atoms with E-state index in [0.29, 0.717) is 25.3 Å². The van der Waals surface area contributed by atoms with Gasteiger partial charge in [0.15, 0.2) is 0 Å². The highest BCUT2D eigenvalue weighted by Crippen LogP contribution is 2.24. The molecule has 1 aliphatic heterocycles. The quantitative estimate of drug-likeness (QED) is 0.804. The van der Waals surface area contributed by atoms with Gasteiger partial charge in [0.25, 0.3) is 0 Å². The van der Waals surface area contributed by atoms with E-state index in [1.807, 2.05) is 4.90 Å². The van der Waals surface area contributed by atoms with E-state index in [0.717, 1.165) is 25.2 Å². The molecule has 1 aromatic carbocycles. The number of aliphatic hydroxyl groups excluding tert-OH is 1. The second kappa shape index (κ2) is 8.50. The van der Waals surface area contributed by atoms with E-state index in [1.54, 1.807) is 6.92 Å². The highest BCUT2D eigenvalue weighted by atomic mass is 19.4. The second-order valence-electron chi connectivity index (χ2n) is 5.84. The summed E-state index contributed by atoms with van der Waals surface area (Å²) < 4.78 is 40.2. The van der Waals surface area contributed by atoms with Gasteiger partial charge in [-0.2, -0.15) is 0 Å². The van der Waals surface area contributed by atoms with Gasteiger partial charge in [-0.1, -0.05) is 0 Å². The Bertz CT molecular complexity index is 558. The number of nitrogens with zero attached hydrogens (tertiary/aromatic N) is 2. The zero-order chi connectivity index (χ0) is 18.4. The van der Waals surface area contributed by atoms with Crippen molar-refractivity contribution >= 4 is 11.6 Å². The molecule has 0 spiro atoms. The summed E-state index contributed by atoms with van der Waals surface area (Å²) in [7, 11) is 0. The van der Waals surface area contributed by atoms with Crippen LogP contribution in [0.2, 0.25) is 0 Å². The molecular formula is C16H22F3N3O3. The molecule has 1 aromatic rings. The maximum absolute atomic E-state index is 12.3. The summed E-state index contributed by atoms with van der Waals surface area (Å²) in [5, 5.41) is 11.6. The van der Waals surface area contributed by atoms with Crippen LogP contribution in [0, 0.1) is 0 Å². The van der Waals surface area contributed by atoms with E-state index >= 15 is 0 Å². The number of rotatable bonds is 6. The Morgan fingerprint density at radius 2 is 1.84 bits per heavy atom. The fourth-order valence-corrected chi connectivity index (χ4v) is 2.67. The van der Waals surface area contributed by atoms with Crippen LogP contribution in [-0.4, -0.2) is 72.5 Å². The van der Waals surface area contributed by atoms with Crippen molar-refractivity contribution in [1.29, 1.82) is 0 Å². The van der Waals surface area contributed by atoms with Gasteiger partial charge >= 0.3 is 6.36 Å². The molecule has 25 heavy (non-hydrogen) atoms. The van der Waals surface area contributed by atoms with Crippen molar-refractivity contribution in [2.75, 3.05) is 44.6 Å². The molecule has 1 unspecified atom stereocenters. The number of piperazine rings is 1. The Morgan fingerprint density at radius 3 is 2.36 bits per heavy atom. The number of aliphatic hydroxyl groups is 1. The van der Waals surface area contributed by atoms with Crippen molar-refractivity contribution in [2.45, 2.75) is 19.3 Å². The smallest absolute Gasteiger partial charge is 0.406 e.